The largest absolute Gasteiger partial charge is 0.508 e. The van der Waals surface area contributed by atoms with Gasteiger partial charge in [-0.3, -0.25) is 19.6 Å². The minimum absolute atomic E-state index is 0.00353. The first kappa shape index (κ1) is 41.4. The van der Waals surface area contributed by atoms with Crippen LogP contribution in [0.15, 0.2) is 54.7 Å². The van der Waals surface area contributed by atoms with E-state index < -0.39 is 39.4 Å². The molecule has 1 aliphatic carbocycles. The molecule has 4 atom stereocenters. The van der Waals surface area contributed by atoms with E-state index in [9.17, 15) is 23.1 Å². The molecule has 0 radical (unpaired) electrons. The molecular formula is C45H58N6O7S. The summed E-state index contributed by atoms with van der Waals surface area (Å²) < 4.78 is 44.8. The van der Waals surface area contributed by atoms with Gasteiger partial charge < -0.3 is 24.5 Å². The second kappa shape index (κ2) is 16.3. The number of ether oxygens (including phenoxy) is 2. The van der Waals surface area contributed by atoms with Crippen LogP contribution in [0.2, 0.25) is 0 Å². The smallest absolute Gasteiger partial charge is 0.324 e. The van der Waals surface area contributed by atoms with Crippen molar-refractivity contribution in [2.24, 2.45) is 16.7 Å². The Bertz CT molecular complexity index is 2360. The predicted molar refractivity (Wildman–Crippen MR) is 227 cm³/mol. The van der Waals surface area contributed by atoms with Gasteiger partial charge in [0.2, 0.25) is 10.0 Å². The van der Waals surface area contributed by atoms with Crippen molar-refractivity contribution >= 4 is 32.8 Å². The summed E-state index contributed by atoms with van der Waals surface area (Å²) in [5.41, 5.74) is 9.84. The number of cyclic esters (lactones) is 1. The first-order valence-electron chi connectivity index (χ1n) is 21.1. The van der Waals surface area contributed by atoms with Gasteiger partial charge in [-0.2, -0.15) is 0 Å². The molecule has 8 rings (SSSR count). The molecule has 316 valence electrons. The van der Waals surface area contributed by atoms with Crippen molar-refractivity contribution in [1.29, 1.82) is 0 Å². The molecule has 2 aromatic heterocycles. The summed E-state index contributed by atoms with van der Waals surface area (Å²) in [6.07, 6.45) is 5.73. The van der Waals surface area contributed by atoms with Crippen molar-refractivity contribution in [3.8, 4) is 28.1 Å². The number of aromatic hydroxyl groups is 1. The van der Waals surface area contributed by atoms with E-state index in [4.69, 9.17) is 14.5 Å². The minimum Gasteiger partial charge on any atom is -0.508 e. The fourth-order valence-electron chi connectivity index (χ4n) is 9.89. The lowest BCUT2D eigenvalue weighted by atomic mass is 9.80. The van der Waals surface area contributed by atoms with Crippen molar-refractivity contribution < 1.29 is 32.6 Å². The number of carbonyl (C=O) groups is 2. The molecule has 1 unspecified atom stereocenters. The summed E-state index contributed by atoms with van der Waals surface area (Å²) in [5, 5.41) is 16.9. The van der Waals surface area contributed by atoms with Gasteiger partial charge in [0.15, 0.2) is 0 Å². The van der Waals surface area contributed by atoms with E-state index >= 15 is 0 Å². The summed E-state index contributed by atoms with van der Waals surface area (Å²) in [6, 6.07) is 13.5. The molecule has 2 aromatic carbocycles. The number of rotatable bonds is 8. The molecule has 59 heavy (non-hydrogen) atoms. The minimum atomic E-state index is -3.90. The van der Waals surface area contributed by atoms with Gasteiger partial charge in [-0.15, -0.1) is 0 Å². The number of nitrogens with zero attached hydrogens (tertiary/aromatic N) is 3. The molecule has 4 aliphatic rings. The number of methoxy groups -OCH3 is 1. The highest BCUT2D eigenvalue weighted by atomic mass is 32.2. The van der Waals surface area contributed by atoms with E-state index in [1.54, 1.807) is 25.4 Å². The molecule has 3 fully saturated rings. The Morgan fingerprint density at radius 1 is 1.10 bits per heavy atom. The van der Waals surface area contributed by atoms with Gasteiger partial charge in [-0.05, 0) is 129 Å². The molecule has 4 N–H and O–H groups in total. The molecule has 1 spiro atoms. The number of pyridine rings is 1. The van der Waals surface area contributed by atoms with Gasteiger partial charge >= 0.3 is 5.97 Å². The van der Waals surface area contributed by atoms with Gasteiger partial charge in [-0.25, -0.2) is 18.6 Å². The molecule has 6 bridgehead atoms. The summed E-state index contributed by atoms with van der Waals surface area (Å²) in [5.74, 6) is -1.00. The lowest BCUT2D eigenvalue weighted by molar-refractivity contribution is -0.155. The number of aryl methyl sites for hydroxylation is 1. The Hall–Kier alpha value is -4.34. The number of phenols is 1. The number of hydrogen-bond donors (Lipinski definition) is 4. The van der Waals surface area contributed by atoms with Gasteiger partial charge in [0.25, 0.3) is 5.91 Å². The lowest BCUT2D eigenvalue weighted by Gasteiger charge is -2.39. The quantitative estimate of drug-likeness (QED) is 0.164. The van der Waals surface area contributed by atoms with Crippen LogP contribution in [0.1, 0.15) is 82.7 Å². The maximum Gasteiger partial charge on any atom is 0.324 e. The van der Waals surface area contributed by atoms with Crippen LogP contribution >= 0.6 is 0 Å². The number of benzene rings is 2. The van der Waals surface area contributed by atoms with E-state index in [2.05, 4.69) is 59.0 Å². The summed E-state index contributed by atoms with van der Waals surface area (Å²) in [6.45, 7) is 11.2. The maximum absolute atomic E-state index is 14.4. The summed E-state index contributed by atoms with van der Waals surface area (Å²) in [7, 11) is -2.22. The number of sulfonamides is 1. The van der Waals surface area contributed by atoms with Crippen LogP contribution in [0.3, 0.4) is 0 Å². The van der Waals surface area contributed by atoms with Gasteiger partial charge in [0, 0.05) is 61.4 Å². The number of hydrazine groups is 1. The average Bonchev–Trinajstić information content (AvgIpc) is 3.77. The first-order chi connectivity index (χ1) is 28.2. The standard InChI is InChI=1S/C45H58N6O7S/c1-6-50-39-12-11-31-21-35(39)36(41(50)34-9-7-15-47-40(34)28(2)57-5)23-44(3,4)27-58-43(54)37-10-8-16-51(48-37)42(53)38(19-30-17-32(31)20-33(52)18-30)49-59(55,56)24-29-13-14-45(22-29)25-46-26-45/h7,9,11-12,15,17-18,20-21,28-29,37-38,46,48-49,52H,6,8,10,13-14,16,19,22-27H2,1-5H3/t28-,29?,37-,38-/m0/s1. The lowest BCUT2D eigenvalue weighted by Crippen LogP contribution is -2.60. The zero-order valence-corrected chi connectivity index (χ0v) is 35.7. The van der Waals surface area contributed by atoms with Crippen LogP contribution in [0.4, 0.5) is 0 Å². The normalized spacial score (nSPS) is 23.8. The van der Waals surface area contributed by atoms with Crippen LogP contribution in [-0.4, -0.2) is 91.1 Å². The van der Waals surface area contributed by atoms with Crippen LogP contribution < -0.4 is 15.5 Å². The molecule has 13 nitrogen and oxygen atoms in total. The molecule has 3 aliphatic heterocycles. The highest BCUT2D eigenvalue weighted by molar-refractivity contribution is 7.89. The van der Waals surface area contributed by atoms with E-state index in [0.717, 1.165) is 76.9 Å². The van der Waals surface area contributed by atoms with Crippen molar-refractivity contribution in [3.05, 3.63) is 71.5 Å². The average molecular weight is 827 g/mol. The van der Waals surface area contributed by atoms with E-state index in [1.807, 2.05) is 25.1 Å². The van der Waals surface area contributed by atoms with Gasteiger partial charge in [0.1, 0.15) is 17.8 Å². The molecule has 5 heterocycles. The Labute approximate surface area is 347 Å². The number of fused-ring (bicyclic) bond motifs is 6. The highest BCUT2D eigenvalue weighted by Crippen LogP contribution is 2.45. The number of esters is 1. The molecular weight excluding hydrogens is 769 g/mol. The van der Waals surface area contributed by atoms with Gasteiger partial charge in [-0.1, -0.05) is 26.0 Å². The molecule has 1 amide bonds. The van der Waals surface area contributed by atoms with E-state index in [0.29, 0.717) is 37.9 Å². The Kier molecular flexibility index (Phi) is 11.4. The van der Waals surface area contributed by atoms with E-state index in [1.165, 1.54) is 5.01 Å². The number of phenolic OH excluding ortho intramolecular Hbond substituents is 1. The van der Waals surface area contributed by atoms with Crippen LogP contribution in [-0.2, 0) is 48.5 Å². The topological polar surface area (TPSA) is 164 Å². The SMILES string of the molecule is CCn1c(-c2cccnc2[C@H](C)OC)c2c3cc(ccc31)-c1cc(O)cc(c1)C[C@H](NS(=O)(=O)CC1CCC3(CNC3)C1)C(=O)N1CCC[C@H](N1)C(=O)OCC(C)(C)C2. The van der Waals surface area contributed by atoms with Crippen LogP contribution in [0.25, 0.3) is 33.3 Å². The first-order valence-corrected chi connectivity index (χ1v) is 22.7. The third-order valence-electron chi connectivity index (χ3n) is 12.9. The van der Waals surface area contributed by atoms with Gasteiger partial charge in [0.05, 0.1) is 29.9 Å². The zero-order valence-electron chi connectivity index (χ0n) is 34.8. The molecule has 14 heteroatoms. The van der Waals surface area contributed by atoms with E-state index in [-0.39, 0.29) is 42.0 Å². The predicted octanol–water partition coefficient (Wildman–Crippen LogP) is 5.64. The third-order valence-corrected chi connectivity index (χ3v) is 14.5. The van der Waals surface area contributed by atoms with Crippen molar-refractivity contribution in [2.45, 2.75) is 97.4 Å². The number of nitrogens with one attached hydrogen (secondary N) is 3. The van der Waals surface area contributed by atoms with Crippen molar-refractivity contribution in [1.82, 2.24) is 30.0 Å². The molecule has 4 aromatic rings. The summed E-state index contributed by atoms with van der Waals surface area (Å²) >= 11 is 0. The molecule has 2 saturated heterocycles. The monoisotopic (exact) mass is 826 g/mol. The zero-order chi connectivity index (χ0) is 41.7. The fraction of sp³-hybridized carbons (Fsp3) is 0.533. The van der Waals surface area contributed by atoms with Crippen LogP contribution in [0, 0.1) is 16.7 Å². The Morgan fingerprint density at radius 3 is 2.64 bits per heavy atom. The Morgan fingerprint density at radius 2 is 1.92 bits per heavy atom. The number of aromatic nitrogens is 2. The highest BCUT2D eigenvalue weighted by Gasteiger charge is 2.45. The maximum atomic E-state index is 14.4. The third kappa shape index (κ3) is 8.52. The second-order valence-electron chi connectivity index (χ2n) is 18.1. The van der Waals surface area contributed by atoms with Crippen LogP contribution in [0.5, 0.6) is 5.75 Å². The summed E-state index contributed by atoms with van der Waals surface area (Å²) in [4.78, 5) is 33.0. The second-order valence-corrected chi connectivity index (χ2v) is 19.9. The number of hydrogen-bond acceptors (Lipinski definition) is 10. The number of amides is 1. The number of carbonyl (C=O) groups excluding carboxylic acids is 2. The Balaban J connectivity index is 1.23. The van der Waals surface area contributed by atoms with Crippen molar-refractivity contribution in [3.63, 3.8) is 0 Å². The van der Waals surface area contributed by atoms with Crippen molar-refractivity contribution in [2.75, 3.05) is 39.1 Å². The molecule has 1 saturated carbocycles. The fourth-order valence-corrected chi connectivity index (χ4v) is 11.5.